The molecule has 0 aromatic heterocycles. The van der Waals surface area contributed by atoms with Crippen LogP contribution in [-0.4, -0.2) is 50.9 Å². The molecule has 220 valence electrons. The molecule has 1 N–H and O–H groups in total. The van der Waals surface area contributed by atoms with Crippen molar-refractivity contribution in [1.82, 2.24) is 10.2 Å². The average molecular weight is 621 g/mol. The quantitative estimate of drug-likeness (QED) is 0.242. The molecule has 0 fully saturated rings. The van der Waals surface area contributed by atoms with Gasteiger partial charge in [-0.25, -0.2) is 8.42 Å². The second-order valence-corrected chi connectivity index (χ2v) is 11.9. The smallest absolute Gasteiger partial charge is 0.264 e. The zero-order chi connectivity index (χ0) is 30.0. The first-order valence-corrected chi connectivity index (χ1v) is 15.6. The Labute approximate surface area is 252 Å². The van der Waals surface area contributed by atoms with Gasteiger partial charge in [-0.3, -0.25) is 13.9 Å². The van der Waals surface area contributed by atoms with Crippen molar-refractivity contribution in [1.29, 1.82) is 0 Å². The number of amides is 2. The normalized spacial score (nSPS) is 11.9. The van der Waals surface area contributed by atoms with Gasteiger partial charge >= 0.3 is 0 Å². The SMILES string of the molecule is CCCNC(=O)C(CC)N(Cc1ccc(Cl)cc1Cl)C(=O)CN(c1ccccc1)S(=O)(=O)c1ccc(OCC)cc1. The van der Waals surface area contributed by atoms with Crippen molar-refractivity contribution in [2.75, 3.05) is 24.0 Å². The molecule has 11 heteroatoms. The Morgan fingerprint density at radius 3 is 2.22 bits per heavy atom. The summed E-state index contributed by atoms with van der Waals surface area (Å²) >= 11 is 12.5. The van der Waals surface area contributed by atoms with E-state index in [4.69, 9.17) is 27.9 Å². The maximum atomic E-state index is 14.1. The molecule has 1 unspecified atom stereocenters. The van der Waals surface area contributed by atoms with E-state index in [-0.39, 0.29) is 17.3 Å². The minimum absolute atomic E-state index is 0.00219. The van der Waals surface area contributed by atoms with Crippen LogP contribution in [-0.2, 0) is 26.2 Å². The number of carbonyl (C=O) groups is 2. The number of nitrogens with zero attached hydrogens (tertiary/aromatic N) is 2. The summed E-state index contributed by atoms with van der Waals surface area (Å²) in [6.07, 6.45) is 1.03. The number of anilines is 1. The molecule has 1 atom stereocenters. The second kappa shape index (κ2) is 15.1. The molecule has 0 radical (unpaired) electrons. The van der Waals surface area contributed by atoms with Crippen molar-refractivity contribution in [3.8, 4) is 5.75 Å². The van der Waals surface area contributed by atoms with Gasteiger partial charge in [-0.1, -0.05) is 61.3 Å². The highest BCUT2D eigenvalue weighted by atomic mass is 35.5. The van der Waals surface area contributed by atoms with Gasteiger partial charge in [0.2, 0.25) is 11.8 Å². The summed E-state index contributed by atoms with van der Waals surface area (Å²) in [4.78, 5) is 28.6. The van der Waals surface area contributed by atoms with Gasteiger partial charge in [0.25, 0.3) is 10.0 Å². The molecule has 41 heavy (non-hydrogen) atoms. The summed E-state index contributed by atoms with van der Waals surface area (Å²) < 4.78 is 34.4. The molecular weight excluding hydrogens is 585 g/mol. The van der Waals surface area contributed by atoms with Crippen molar-refractivity contribution in [3.63, 3.8) is 0 Å². The lowest BCUT2D eigenvalue weighted by Gasteiger charge is -2.33. The predicted molar refractivity (Wildman–Crippen MR) is 163 cm³/mol. The molecule has 8 nitrogen and oxygen atoms in total. The Balaban J connectivity index is 2.03. The third-order valence-corrected chi connectivity index (χ3v) is 8.71. The van der Waals surface area contributed by atoms with Crippen LogP contribution in [0.15, 0.2) is 77.7 Å². The molecule has 0 saturated carbocycles. The highest BCUT2D eigenvalue weighted by Gasteiger charge is 2.34. The third kappa shape index (κ3) is 8.38. The monoisotopic (exact) mass is 619 g/mol. The van der Waals surface area contributed by atoms with Gasteiger partial charge in [0, 0.05) is 23.1 Å². The van der Waals surface area contributed by atoms with Gasteiger partial charge in [-0.2, -0.15) is 0 Å². The molecule has 0 spiro atoms. The van der Waals surface area contributed by atoms with Crippen molar-refractivity contribution < 1.29 is 22.7 Å². The van der Waals surface area contributed by atoms with E-state index >= 15 is 0 Å². The maximum absolute atomic E-state index is 14.1. The first kappa shape index (κ1) is 32.2. The standard InChI is InChI=1S/C30H35Cl2N3O5S/c1-4-18-33-30(37)28(5-2)34(20-22-12-13-23(31)19-27(22)32)29(36)21-35(24-10-8-7-9-11-24)41(38,39)26-16-14-25(15-17-26)40-6-3/h7-17,19,28H,4-6,18,20-21H2,1-3H3,(H,33,37). The number of halogens is 2. The van der Waals surface area contributed by atoms with Crippen LogP contribution in [0.5, 0.6) is 5.75 Å². The summed E-state index contributed by atoms with van der Waals surface area (Å²) in [5.74, 6) is -0.356. The highest BCUT2D eigenvalue weighted by Crippen LogP contribution is 2.27. The van der Waals surface area contributed by atoms with E-state index in [1.54, 1.807) is 67.6 Å². The van der Waals surface area contributed by atoms with Crippen LogP contribution in [0, 0.1) is 0 Å². The molecule has 3 aromatic rings. The van der Waals surface area contributed by atoms with E-state index in [0.717, 1.165) is 10.7 Å². The van der Waals surface area contributed by atoms with Crippen LogP contribution in [0.1, 0.15) is 39.2 Å². The van der Waals surface area contributed by atoms with Crippen LogP contribution < -0.4 is 14.4 Å². The van der Waals surface area contributed by atoms with Crippen LogP contribution in [0.4, 0.5) is 5.69 Å². The van der Waals surface area contributed by atoms with Crippen molar-refractivity contribution in [2.45, 2.75) is 51.1 Å². The second-order valence-electron chi connectivity index (χ2n) is 9.22. The fraction of sp³-hybridized carbons (Fsp3) is 0.333. The number of hydrogen-bond donors (Lipinski definition) is 1. The third-order valence-electron chi connectivity index (χ3n) is 6.34. The minimum atomic E-state index is -4.18. The summed E-state index contributed by atoms with van der Waals surface area (Å²) in [7, 11) is -4.18. The Hall–Kier alpha value is -3.27. The first-order chi connectivity index (χ1) is 19.6. The number of rotatable bonds is 14. The molecule has 2 amide bonds. The summed E-state index contributed by atoms with van der Waals surface area (Å²) in [5, 5.41) is 3.62. The van der Waals surface area contributed by atoms with Crippen molar-refractivity contribution in [2.24, 2.45) is 0 Å². The fourth-order valence-corrected chi connectivity index (χ4v) is 6.13. The molecule has 3 rings (SSSR count). The van der Waals surface area contributed by atoms with Crippen LogP contribution in [0.3, 0.4) is 0 Å². The molecule has 0 aliphatic heterocycles. The average Bonchev–Trinajstić information content (AvgIpc) is 2.96. The number of ether oxygens (including phenoxy) is 1. The van der Waals surface area contributed by atoms with Gasteiger partial charge < -0.3 is 15.0 Å². The zero-order valence-electron chi connectivity index (χ0n) is 23.3. The van der Waals surface area contributed by atoms with Crippen LogP contribution >= 0.6 is 23.2 Å². The number of carbonyl (C=O) groups excluding carboxylic acids is 2. The lowest BCUT2D eigenvalue weighted by atomic mass is 10.1. The van der Waals surface area contributed by atoms with Crippen LogP contribution in [0.2, 0.25) is 10.0 Å². The van der Waals surface area contributed by atoms with Crippen molar-refractivity contribution >= 4 is 50.7 Å². The van der Waals surface area contributed by atoms with Gasteiger partial charge in [-0.05, 0) is 73.9 Å². The Bertz CT molecular complexity index is 1420. The first-order valence-electron chi connectivity index (χ1n) is 13.4. The Morgan fingerprint density at radius 2 is 1.63 bits per heavy atom. The number of nitrogens with one attached hydrogen (secondary N) is 1. The van der Waals surface area contributed by atoms with Gasteiger partial charge in [0.05, 0.1) is 17.2 Å². The van der Waals surface area contributed by atoms with Crippen LogP contribution in [0.25, 0.3) is 0 Å². The molecule has 0 aliphatic rings. The minimum Gasteiger partial charge on any atom is -0.494 e. The molecular formula is C30H35Cl2N3O5S. The van der Waals surface area contributed by atoms with E-state index < -0.39 is 28.5 Å². The zero-order valence-corrected chi connectivity index (χ0v) is 25.7. The van der Waals surface area contributed by atoms with Crippen molar-refractivity contribution in [3.05, 3.63) is 88.4 Å². The highest BCUT2D eigenvalue weighted by molar-refractivity contribution is 7.92. The lowest BCUT2D eigenvalue weighted by Crippen LogP contribution is -2.52. The van der Waals surface area contributed by atoms with E-state index in [1.807, 2.05) is 13.8 Å². The van der Waals surface area contributed by atoms with Gasteiger partial charge in [-0.15, -0.1) is 0 Å². The number of para-hydroxylation sites is 1. The largest absolute Gasteiger partial charge is 0.494 e. The van der Waals surface area contributed by atoms with Gasteiger partial charge in [0.15, 0.2) is 0 Å². The molecule has 0 aliphatic carbocycles. The number of sulfonamides is 1. The number of hydrogen-bond acceptors (Lipinski definition) is 5. The summed E-state index contributed by atoms with van der Waals surface area (Å²) in [5.41, 5.74) is 0.884. The van der Waals surface area contributed by atoms with E-state index in [9.17, 15) is 18.0 Å². The maximum Gasteiger partial charge on any atom is 0.264 e. The fourth-order valence-electron chi connectivity index (χ4n) is 4.24. The van der Waals surface area contributed by atoms with E-state index in [1.165, 1.54) is 17.0 Å². The lowest BCUT2D eigenvalue weighted by molar-refractivity contribution is -0.140. The Kier molecular flexibility index (Phi) is 11.9. The molecule has 0 saturated heterocycles. The Morgan fingerprint density at radius 1 is 0.951 bits per heavy atom. The predicted octanol–water partition coefficient (Wildman–Crippen LogP) is 5.92. The summed E-state index contributed by atoms with van der Waals surface area (Å²) in [6.45, 7) is 5.89. The molecule has 0 bridgehead atoms. The molecule has 0 heterocycles. The van der Waals surface area contributed by atoms with Gasteiger partial charge in [0.1, 0.15) is 18.3 Å². The molecule has 3 aromatic carbocycles. The van der Waals surface area contributed by atoms with E-state index in [0.29, 0.717) is 46.6 Å². The number of benzene rings is 3. The summed E-state index contributed by atoms with van der Waals surface area (Å²) in [6, 6.07) is 18.4. The topological polar surface area (TPSA) is 96.0 Å². The van der Waals surface area contributed by atoms with E-state index in [2.05, 4.69) is 5.32 Å².